The Morgan fingerprint density at radius 2 is 2.14 bits per heavy atom. The first kappa shape index (κ1) is 13.8. The number of fused-ring (bicyclic) bond motifs is 1. The SMILES string of the molecule is Cn1ccc2cc(CCNc3cc(Cl)ncn3)c(F)cc21. The molecule has 0 aliphatic rings. The minimum Gasteiger partial charge on any atom is -0.370 e. The van der Waals surface area contributed by atoms with Gasteiger partial charge in [0.2, 0.25) is 0 Å². The Balaban J connectivity index is 1.71. The minimum absolute atomic E-state index is 0.188. The summed E-state index contributed by atoms with van der Waals surface area (Å²) in [6.45, 7) is 0.572. The van der Waals surface area contributed by atoms with Gasteiger partial charge in [0, 0.05) is 31.2 Å². The second-order valence-electron chi connectivity index (χ2n) is 4.83. The van der Waals surface area contributed by atoms with Crippen molar-refractivity contribution >= 4 is 28.3 Å². The van der Waals surface area contributed by atoms with Crippen LogP contribution in [-0.4, -0.2) is 21.1 Å². The molecule has 0 bridgehead atoms. The van der Waals surface area contributed by atoms with Crippen LogP contribution in [0.4, 0.5) is 10.2 Å². The molecule has 0 fully saturated rings. The molecule has 1 aromatic carbocycles. The number of hydrogen-bond acceptors (Lipinski definition) is 3. The smallest absolute Gasteiger partial charge is 0.134 e. The highest BCUT2D eigenvalue weighted by molar-refractivity contribution is 6.29. The number of anilines is 1. The third kappa shape index (κ3) is 2.97. The maximum atomic E-state index is 14.1. The molecular formula is C15H14ClFN4. The number of halogens is 2. The van der Waals surface area contributed by atoms with E-state index >= 15 is 0 Å². The predicted octanol–water partition coefficient (Wildman–Crippen LogP) is 3.42. The summed E-state index contributed by atoms with van der Waals surface area (Å²) in [6, 6.07) is 7.08. The Kier molecular flexibility index (Phi) is 3.75. The van der Waals surface area contributed by atoms with Gasteiger partial charge in [0.15, 0.2) is 0 Å². The molecule has 0 unspecified atom stereocenters. The molecule has 1 N–H and O–H groups in total. The summed E-state index contributed by atoms with van der Waals surface area (Å²) in [5.41, 5.74) is 1.58. The second kappa shape index (κ2) is 5.69. The lowest BCUT2D eigenvalue weighted by atomic mass is 10.1. The zero-order chi connectivity index (χ0) is 14.8. The predicted molar refractivity (Wildman–Crippen MR) is 82.1 cm³/mol. The van der Waals surface area contributed by atoms with Crippen LogP contribution in [0.25, 0.3) is 10.9 Å². The minimum atomic E-state index is -0.188. The second-order valence-corrected chi connectivity index (χ2v) is 5.22. The Bertz CT molecular complexity index is 784. The molecule has 0 atom stereocenters. The Labute approximate surface area is 126 Å². The molecule has 21 heavy (non-hydrogen) atoms. The lowest BCUT2D eigenvalue weighted by molar-refractivity contribution is 0.612. The van der Waals surface area contributed by atoms with E-state index in [1.807, 2.05) is 29.9 Å². The molecule has 2 aromatic heterocycles. The van der Waals surface area contributed by atoms with E-state index < -0.39 is 0 Å². The van der Waals surface area contributed by atoms with Crippen molar-refractivity contribution in [2.75, 3.05) is 11.9 Å². The van der Waals surface area contributed by atoms with Crippen molar-refractivity contribution in [3.05, 3.63) is 53.3 Å². The van der Waals surface area contributed by atoms with Crippen molar-refractivity contribution in [2.45, 2.75) is 6.42 Å². The third-order valence-electron chi connectivity index (χ3n) is 3.39. The molecule has 0 saturated carbocycles. The number of nitrogens with one attached hydrogen (secondary N) is 1. The summed E-state index contributed by atoms with van der Waals surface area (Å²) in [4.78, 5) is 7.85. The summed E-state index contributed by atoms with van der Waals surface area (Å²) in [7, 11) is 1.90. The highest BCUT2D eigenvalue weighted by Gasteiger charge is 2.07. The van der Waals surface area contributed by atoms with Gasteiger partial charge in [0.05, 0.1) is 5.52 Å². The molecule has 0 aliphatic heterocycles. The van der Waals surface area contributed by atoms with Gasteiger partial charge in [-0.05, 0) is 30.2 Å². The van der Waals surface area contributed by atoms with Crippen LogP contribution >= 0.6 is 11.6 Å². The molecule has 6 heteroatoms. The Hall–Kier alpha value is -2.14. The number of aryl methyl sites for hydroxylation is 1. The topological polar surface area (TPSA) is 42.7 Å². The van der Waals surface area contributed by atoms with Crippen LogP contribution in [-0.2, 0) is 13.5 Å². The fourth-order valence-electron chi connectivity index (χ4n) is 2.29. The number of rotatable bonds is 4. The fourth-order valence-corrected chi connectivity index (χ4v) is 2.43. The van der Waals surface area contributed by atoms with Gasteiger partial charge < -0.3 is 9.88 Å². The van der Waals surface area contributed by atoms with Crippen LogP contribution in [0.2, 0.25) is 5.15 Å². The average Bonchev–Trinajstić information content (AvgIpc) is 2.80. The molecule has 0 spiro atoms. The molecule has 3 rings (SSSR count). The van der Waals surface area contributed by atoms with E-state index in [1.165, 1.54) is 6.33 Å². The number of nitrogens with zero attached hydrogens (tertiary/aromatic N) is 3. The van der Waals surface area contributed by atoms with Crippen molar-refractivity contribution in [1.82, 2.24) is 14.5 Å². The number of aromatic nitrogens is 3. The average molecular weight is 305 g/mol. The molecule has 3 aromatic rings. The van der Waals surface area contributed by atoms with Gasteiger partial charge in [-0.25, -0.2) is 14.4 Å². The van der Waals surface area contributed by atoms with E-state index in [0.717, 1.165) is 10.9 Å². The zero-order valence-corrected chi connectivity index (χ0v) is 12.2. The van der Waals surface area contributed by atoms with Gasteiger partial charge in [-0.2, -0.15) is 0 Å². The van der Waals surface area contributed by atoms with Gasteiger partial charge in [0.1, 0.15) is 23.1 Å². The Morgan fingerprint density at radius 3 is 2.95 bits per heavy atom. The molecule has 0 radical (unpaired) electrons. The lowest BCUT2D eigenvalue weighted by Gasteiger charge is -2.07. The normalized spacial score (nSPS) is 11.0. The largest absolute Gasteiger partial charge is 0.370 e. The standard InChI is InChI=1S/C15H14ClFN4/c1-21-5-3-11-6-10(12(17)7-13(11)21)2-4-18-15-8-14(16)19-9-20-15/h3,5-9H,2,4H2,1H3,(H,18,19,20). The van der Waals surface area contributed by atoms with Crippen LogP contribution in [0.5, 0.6) is 0 Å². The molecule has 2 heterocycles. The summed E-state index contributed by atoms with van der Waals surface area (Å²) < 4.78 is 16.0. The summed E-state index contributed by atoms with van der Waals surface area (Å²) in [5.74, 6) is 0.447. The monoisotopic (exact) mass is 304 g/mol. The van der Waals surface area contributed by atoms with E-state index in [-0.39, 0.29) is 5.82 Å². The van der Waals surface area contributed by atoms with Crippen molar-refractivity contribution in [3.63, 3.8) is 0 Å². The van der Waals surface area contributed by atoms with Crippen molar-refractivity contribution in [3.8, 4) is 0 Å². The van der Waals surface area contributed by atoms with E-state index in [0.29, 0.717) is 29.5 Å². The van der Waals surface area contributed by atoms with E-state index in [9.17, 15) is 4.39 Å². The summed E-state index contributed by atoms with van der Waals surface area (Å²) in [5, 5.41) is 4.53. The first-order valence-corrected chi connectivity index (χ1v) is 6.96. The van der Waals surface area contributed by atoms with Crippen LogP contribution in [0.3, 0.4) is 0 Å². The van der Waals surface area contributed by atoms with E-state index in [4.69, 9.17) is 11.6 Å². The third-order valence-corrected chi connectivity index (χ3v) is 3.59. The highest BCUT2D eigenvalue weighted by atomic mass is 35.5. The van der Waals surface area contributed by atoms with Gasteiger partial charge in [0.25, 0.3) is 0 Å². The Morgan fingerprint density at radius 1 is 1.29 bits per heavy atom. The van der Waals surface area contributed by atoms with Crippen LogP contribution < -0.4 is 5.32 Å². The van der Waals surface area contributed by atoms with Crippen molar-refractivity contribution < 1.29 is 4.39 Å². The van der Waals surface area contributed by atoms with Crippen molar-refractivity contribution in [2.24, 2.45) is 7.05 Å². The quantitative estimate of drug-likeness (QED) is 0.751. The van der Waals surface area contributed by atoms with Crippen LogP contribution in [0, 0.1) is 5.82 Å². The lowest BCUT2D eigenvalue weighted by Crippen LogP contribution is -2.07. The van der Waals surface area contributed by atoms with Gasteiger partial charge in [-0.15, -0.1) is 0 Å². The molecule has 0 amide bonds. The number of hydrogen-bond donors (Lipinski definition) is 1. The van der Waals surface area contributed by atoms with Crippen LogP contribution in [0.15, 0.2) is 36.8 Å². The van der Waals surface area contributed by atoms with E-state index in [2.05, 4.69) is 15.3 Å². The molecule has 108 valence electrons. The van der Waals surface area contributed by atoms with Crippen molar-refractivity contribution in [1.29, 1.82) is 0 Å². The zero-order valence-electron chi connectivity index (χ0n) is 11.5. The van der Waals surface area contributed by atoms with E-state index in [1.54, 1.807) is 12.1 Å². The van der Waals surface area contributed by atoms with Crippen LogP contribution in [0.1, 0.15) is 5.56 Å². The summed E-state index contributed by atoms with van der Waals surface area (Å²) in [6.07, 6.45) is 3.88. The molecule has 4 nitrogen and oxygen atoms in total. The number of benzene rings is 1. The van der Waals surface area contributed by atoms with Gasteiger partial charge in [-0.1, -0.05) is 11.6 Å². The maximum Gasteiger partial charge on any atom is 0.134 e. The van der Waals surface area contributed by atoms with Gasteiger partial charge >= 0.3 is 0 Å². The first-order chi connectivity index (χ1) is 10.1. The molecule has 0 aliphatic carbocycles. The van der Waals surface area contributed by atoms with Gasteiger partial charge in [-0.3, -0.25) is 0 Å². The highest BCUT2D eigenvalue weighted by Crippen LogP contribution is 2.20. The first-order valence-electron chi connectivity index (χ1n) is 6.58. The maximum absolute atomic E-state index is 14.1. The molecule has 0 saturated heterocycles. The fraction of sp³-hybridized carbons (Fsp3) is 0.200. The summed E-state index contributed by atoms with van der Waals surface area (Å²) >= 11 is 5.78. The molecular weight excluding hydrogens is 291 g/mol.